The number of esters is 1. The van der Waals surface area contributed by atoms with Gasteiger partial charge in [-0.25, -0.2) is 14.6 Å². The number of rotatable bonds is 11. The number of benzene rings is 2. The van der Waals surface area contributed by atoms with Crippen molar-refractivity contribution >= 4 is 23.8 Å². The van der Waals surface area contributed by atoms with Gasteiger partial charge in [-0.1, -0.05) is 77.9 Å². The van der Waals surface area contributed by atoms with Crippen molar-refractivity contribution in [2.75, 3.05) is 13.7 Å². The molecule has 0 aliphatic rings. The van der Waals surface area contributed by atoms with Gasteiger partial charge in [-0.15, -0.1) is 0 Å². The van der Waals surface area contributed by atoms with Gasteiger partial charge < -0.3 is 25.2 Å². The van der Waals surface area contributed by atoms with Crippen molar-refractivity contribution in [2.45, 2.75) is 60.6 Å². The second-order valence-corrected chi connectivity index (χ2v) is 12.6. The highest BCUT2D eigenvalue weighted by Gasteiger charge is 2.29. The highest BCUT2D eigenvalue weighted by atomic mass is 16.5. The Morgan fingerprint density at radius 2 is 1.57 bits per heavy atom. The number of hydrogen-bond donors (Lipinski definition) is 3. The van der Waals surface area contributed by atoms with Gasteiger partial charge in [0.05, 0.1) is 12.7 Å². The van der Waals surface area contributed by atoms with Crippen molar-refractivity contribution in [2.24, 2.45) is 10.8 Å². The summed E-state index contributed by atoms with van der Waals surface area (Å²) in [6.07, 6.45) is 0.487. The highest BCUT2D eigenvalue weighted by molar-refractivity contribution is 6.04. The van der Waals surface area contributed by atoms with E-state index in [4.69, 9.17) is 9.47 Å². The smallest absolute Gasteiger partial charge is 0.355 e. The van der Waals surface area contributed by atoms with Gasteiger partial charge in [-0.05, 0) is 41.2 Å². The fourth-order valence-electron chi connectivity index (χ4n) is 4.38. The van der Waals surface area contributed by atoms with Crippen molar-refractivity contribution in [3.05, 3.63) is 83.0 Å². The van der Waals surface area contributed by atoms with Crippen LogP contribution in [0.15, 0.2) is 60.7 Å². The number of nitrogens with one attached hydrogen (secondary N) is 2. The minimum absolute atomic E-state index is 0.00722. The largest absolute Gasteiger partial charge is 0.481 e. The van der Waals surface area contributed by atoms with Crippen LogP contribution in [0.25, 0.3) is 11.1 Å². The third-order valence-electron chi connectivity index (χ3n) is 7.04. The molecule has 1 heterocycles. The number of aromatic nitrogens is 1. The molecule has 0 aliphatic heterocycles. The number of ether oxygens (including phenoxy) is 2. The van der Waals surface area contributed by atoms with Gasteiger partial charge in [-0.2, -0.15) is 0 Å². The predicted octanol–water partition coefficient (Wildman–Crippen LogP) is 5.51. The fourth-order valence-corrected chi connectivity index (χ4v) is 4.38. The molecular formula is C34H41N3O7. The lowest BCUT2D eigenvalue weighted by molar-refractivity contribution is -0.128. The molecule has 1 aromatic heterocycles. The van der Waals surface area contributed by atoms with E-state index in [-0.39, 0.29) is 57.8 Å². The van der Waals surface area contributed by atoms with Gasteiger partial charge in [0.15, 0.2) is 5.69 Å². The number of pyridine rings is 1. The van der Waals surface area contributed by atoms with E-state index < -0.39 is 23.3 Å². The summed E-state index contributed by atoms with van der Waals surface area (Å²) in [5.41, 5.74) is 0.171. The predicted molar refractivity (Wildman–Crippen MR) is 167 cm³/mol. The molecule has 0 bridgehead atoms. The second kappa shape index (κ2) is 14.2. The maximum atomic E-state index is 13.5. The molecule has 0 aliphatic carbocycles. The summed E-state index contributed by atoms with van der Waals surface area (Å²) in [5, 5.41) is 15.8. The number of hydrogen-bond acceptors (Lipinski definition) is 7. The van der Waals surface area contributed by atoms with Gasteiger partial charge >= 0.3 is 11.9 Å². The first kappa shape index (κ1) is 33.8. The van der Waals surface area contributed by atoms with E-state index in [2.05, 4.69) is 15.6 Å². The first-order chi connectivity index (χ1) is 20.6. The number of amides is 2. The molecule has 0 saturated heterocycles. The van der Waals surface area contributed by atoms with E-state index in [0.29, 0.717) is 13.0 Å². The van der Waals surface area contributed by atoms with Gasteiger partial charge in [0.25, 0.3) is 5.91 Å². The Bertz CT molecular complexity index is 1510. The molecule has 0 unspecified atom stereocenters. The van der Waals surface area contributed by atoms with Crippen LogP contribution < -0.4 is 15.4 Å². The lowest BCUT2D eigenvalue weighted by atomic mass is 9.84. The Morgan fingerprint density at radius 1 is 0.909 bits per heavy atom. The second-order valence-electron chi connectivity index (χ2n) is 12.6. The van der Waals surface area contributed by atoms with Crippen LogP contribution in [0.1, 0.15) is 84.7 Å². The average Bonchev–Trinajstić information content (AvgIpc) is 2.98. The number of carboxylic acid groups (broad SMARTS) is 1. The monoisotopic (exact) mass is 603 g/mol. The Labute approximate surface area is 258 Å². The number of nitrogens with zero attached hydrogens (tertiary/aromatic N) is 1. The summed E-state index contributed by atoms with van der Waals surface area (Å²) < 4.78 is 10.7. The van der Waals surface area contributed by atoms with Crippen molar-refractivity contribution < 1.29 is 33.8 Å². The minimum atomic E-state index is -1.31. The Hall–Kier alpha value is -4.73. The summed E-state index contributed by atoms with van der Waals surface area (Å²) in [7, 11) is 1.37. The van der Waals surface area contributed by atoms with Crippen LogP contribution in [0.4, 0.5) is 0 Å². The van der Waals surface area contributed by atoms with Gasteiger partial charge in [-0.3, -0.25) is 9.59 Å². The molecule has 2 aromatic carbocycles. The Balaban J connectivity index is 1.96. The van der Waals surface area contributed by atoms with Crippen LogP contribution in [-0.2, 0) is 16.1 Å². The van der Waals surface area contributed by atoms with Crippen molar-refractivity contribution in [3.63, 3.8) is 0 Å². The first-order valence-electron chi connectivity index (χ1n) is 14.3. The van der Waals surface area contributed by atoms with Crippen molar-refractivity contribution in [3.8, 4) is 17.0 Å². The summed E-state index contributed by atoms with van der Waals surface area (Å²) in [4.78, 5) is 55.5. The Kier molecular flexibility index (Phi) is 10.9. The van der Waals surface area contributed by atoms with Gasteiger partial charge in [0.2, 0.25) is 11.8 Å². The SMILES string of the molecule is COc1ccc(-c2ccc(C(=O)N[C@H](CCNC(=O)C(C)(C)C)C(C)(C)C)cc2C(=O)OCc2ccccc2)c(C(=O)O)n1. The van der Waals surface area contributed by atoms with E-state index in [1.807, 2.05) is 71.9 Å². The highest BCUT2D eigenvalue weighted by Crippen LogP contribution is 2.30. The van der Waals surface area contributed by atoms with Crippen LogP contribution in [-0.4, -0.2) is 53.5 Å². The number of methoxy groups -OCH3 is 1. The molecule has 1 atom stereocenters. The van der Waals surface area contributed by atoms with Gasteiger partial charge in [0.1, 0.15) is 6.61 Å². The lowest BCUT2D eigenvalue weighted by Gasteiger charge is -2.32. The van der Waals surface area contributed by atoms with E-state index in [1.54, 1.807) is 0 Å². The van der Waals surface area contributed by atoms with Gasteiger partial charge in [0, 0.05) is 35.2 Å². The number of carbonyl (C=O) groups is 4. The maximum Gasteiger partial charge on any atom is 0.355 e. The van der Waals surface area contributed by atoms with E-state index in [0.717, 1.165) is 5.56 Å². The zero-order valence-electron chi connectivity index (χ0n) is 26.3. The molecule has 3 rings (SSSR count). The van der Waals surface area contributed by atoms with Crippen LogP contribution in [0.5, 0.6) is 5.88 Å². The number of carboxylic acids is 1. The topological polar surface area (TPSA) is 144 Å². The molecule has 234 valence electrons. The van der Waals surface area contributed by atoms with E-state index in [1.165, 1.54) is 37.4 Å². The molecule has 3 aromatic rings. The molecule has 10 nitrogen and oxygen atoms in total. The summed E-state index contributed by atoms with van der Waals surface area (Å²) >= 11 is 0. The van der Waals surface area contributed by atoms with Crippen LogP contribution >= 0.6 is 0 Å². The quantitative estimate of drug-likeness (QED) is 0.244. The third-order valence-corrected chi connectivity index (χ3v) is 7.04. The van der Waals surface area contributed by atoms with Crippen LogP contribution in [0.3, 0.4) is 0 Å². The lowest BCUT2D eigenvalue weighted by Crippen LogP contribution is -2.46. The van der Waals surface area contributed by atoms with E-state index in [9.17, 15) is 24.3 Å². The van der Waals surface area contributed by atoms with Crippen LogP contribution in [0, 0.1) is 10.8 Å². The molecule has 10 heteroatoms. The standard InChI is InChI=1S/C34H41N3O7/c1-33(2,3)26(17-18-35-32(42)34(4,5)6)36-29(38)22-13-14-23(24-15-16-27(43-7)37-28(24)30(39)40)25(19-22)31(41)44-20-21-11-9-8-10-12-21/h8-16,19,26H,17-18,20H2,1-7H3,(H,35,42)(H,36,38)(H,39,40)/t26-/m1/s1. The molecule has 0 saturated carbocycles. The summed E-state index contributed by atoms with van der Waals surface area (Å²) in [6, 6.07) is 16.2. The molecule has 3 N–H and O–H groups in total. The number of aromatic carboxylic acids is 1. The number of carbonyl (C=O) groups excluding carboxylic acids is 3. The molecule has 44 heavy (non-hydrogen) atoms. The molecule has 0 spiro atoms. The zero-order valence-corrected chi connectivity index (χ0v) is 26.3. The van der Waals surface area contributed by atoms with Crippen LogP contribution in [0.2, 0.25) is 0 Å². The van der Waals surface area contributed by atoms with Crippen molar-refractivity contribution in [1.29, 1.82) is 0 Å². The van der Waals surface area contributed by atoms with Crippen molar-refractivity contribution in [1.82, 2.24) is 15.6 Å². The fraction of sp³-hybridized carbons (Fsp3) is 0.382. The third kappa shape index (κ3) is 8.89. The maximum absolute atomic E-state index is 13.5. The molecule has 0 fully saturated rings. The average molecular weight is 604 g/mol. The minimum Gasteiger partial charge on any atom is -0.481 e. The Morgan fingerprint density at radius 3 is 2.16 bits per heavy atom. The summed E-state index contributed by atoms with van der Waals surface area (Å²) in [5.74, 6) is -2.46. The summed E-state index contributed by atoms with van der Waals surface area (Å²) in [6.45, 7) is 11.8. The first-order valence-corrected chi connectivity index (χ1v) is 14.3. The molecular weight excluding hydrogens is 562 g/mol. The zero-order chi connectivity index (χ0) is 32.7. The molecule has 2 amide bonds. The molecule has 0 radical (unpaired) electrons. The normalized spacial score (nSPS) is 12.2. The van der Waals surface area contributed by atoms with E-state index >= 15 is 0 Å².